The third-order valence-electron chi connectivity index (χ3n) is 2.22. The van der Waals surface area contributed by atoms with Gasteiger partial charge in [-0.05, 0) is 12.1 Å². The first kappa shape index (κ1) is 12.6. The Kier molecular flexibility index (Phi) is 3.56. The van der Waals surface area contributed by atoms with Crippen molar-refractivity contribution in [2.75, 3.05) is 0 Å². The zero-order valence-electron chi connectivity index (χ0n) is 8.19. The molecule has 0 bridgehead atoms. The van der Waals surface area contributed by atoms with Gasteiger partial charge in [0.1, 0.15) is 11.2 Å². The quantitative estimate of drug-likeness (QED) is 0.776. The van der Waals surface area contributed by atoms with Crippen molar-refractivity contribution < 1.29 is 0 Å². The molecule has 6 heteroatoms. The second-order valence-electron chi connectivity index (χ2n) is 3.24. The number of nitrogens with zero attached hydrogens (tertiary/aromatic N) is 1. The topological polar surface area (TPSA) is 39.6 Å². The monoisotopic (exact) mass is 304 g/mol. The molecule has 0 amide bonds. The third kappa shape index (κ3) is 2.25. The zero-order valence-corrected chi connectivity index (χ0v) is 11.2. The summed E-state index contributed by atoms with van der Waals surface area (Å²) in [4.78, 5) is 2.84. The van der Waals surface area contributed by atoms with Crippen LogP contribution < -0.4 is 0 Å². The highest BCUT2D eigenvalue weighted by Crippen LogP contribution is 2.36. The van der Waals surface area contributed by atoms with Gasteiger partial charge in [0, 0.05) is 5.56 Å². The van der Waals surface area contributed by atoms with Crippen LogP contribution in [-0.4, -0.2) is 4.98 Å². The summed E-state index contributed by atoms with van der Waals surface area (Å²) in [6.45, 7) is 0. The Bertz CT molecular complexity index is 625. The molecule has 0 aliphatic carbocycles. The summed E-state index contributed by atoms with van der Waals surface area (Å²) in [5.41, 5.74) is 1.51. The Morgan fingerprint density at radius 1 is 1.06 bits per heavy atom. The molecule has 0 fully saturated rings. The number of nitriles is 1. The summed E-state index contributed by atoms with van der Waals surface area (Å²) >= 11 is 23.5. The van der Waals surface area contributed by atoms with Crippen molar-refractivity contribution in [3.8, 4) is 17.3 Å². The summed E-state index contributed by atoms with van der Waals surface area (Å²) in [5, 5.41) is 10.3. The Labute approximate surface area is 118 Å². The van der Waals surface area contributed by atoms with Crippen LogP contribution in [0.5, 0.6) is 0 Å². The van der Waals surface area contributed by atoms with Crippen LogP contribution in [0.2, 0.25) is 20.2 Å². The fraction of sp³-hybridized carbons (Fsp3) is 0. The maximum absolute atomic E-state index is 9.03. The second kappa shape index (κ2) is 4.80. The highest BCUT2D eigenvalue weighted by Gasteiger charge is 2.16. The van der Waals surface area contributed by atoms with Gasteiger partial charge < -0.3 is 4.98 Å². The first-order valence-electron chi connectivity index (χ1n) is 4.47. The molecule has 0 saturated carbocycles. The Balaban J connectivity index is 2.65. The number of aromatic nitrogens is 1. The van der Waals surface area contributed by atoms with Crippen LogP contribution in [0, 0.1) is 11.3 Å². The van der Waals surface area contributed by atoms with E-state index in [4.69, 9.17) is 51.7 Å². The molecule has 86 valence electrons. The summed E-state index contributed by atoms with van der Waals surface area (Å²) < 4.78 is 0. The van der Waals surface area contributed by atoms with E-state index in [1.807, 2.05) is 6.07 Å². The van der Waals surface area contributed by atoms with E-state index in [0.29, 0.717) is 21.3 Å². The molecule has 2 aromatic rings. The molecule has 0 aliphatic rings. The van der Waals surface area contributed by atoms with Crippen molar-refractivity contribution in [3.05, 3.63) is 44.0 Å². The van der Waals surface area contributed by atoms with Crippen molar-refractivity contribution in [3.63, 3.8) is 0 Å². The van der Waals surface area contributed by atoms with Crippen LogP contribution in [-0.2, 0) is 0 Å². The summed E-state index contributed by atoms with van der Waals surface area (Å²) in [7, 11) is 0. The number of benzene rings is 1. The van der Waals surface area contributed by atoms with E-state index < -0.39 is 0 Å². The molecule has 17 heavy (non-hydrogen) atoms. The van der Waals surface area contributed by atoms with Crippen LogP contribution in [0.15, 0.2) is 18.2 Å². The number of halogens is 4. The fourth-order valence-corrected chi connectivity index (χ4v) is 2.09. The number of rotatable bonds is 1. The fourth-order valence-electron chi connectivity index (χ4n) is 1.42. The lowest BCUT2D eigenvalue weighted by atomic mass is 10.1. The van der Waals surface area contributed by atoms with Gasteiger partial charge in [0.05, 0.1) is 26.3 Å². The van der Waals surface area contributed by atoms with E-state index in [2.05, 4.69) is 4.98 Å². The Hall–Kier alpha value is -0.850. The molecule has 1 N–H and O–H groups in total. The van der Waals surface area contributed by atoms with Crippen molar-refractivity contribution in [1.29, 1.82) is 5.26 Å². The van der Waals surface area contributed by atoms with Crippen LogP contribution in [0.4, 0.5) is 0 Å². The molecular weight excluding hydrogens is 302 g/mol. The normalized spacial score (nSPS) is 10.3. The molecule has 0 aliphatic heterocycles. The van der Waals surface area contributed by atoms with Crippen molar-refractivity contribution >= 4 is 46.4 Å². The second-order valence-corrected chi connectivity index (χ2v) is 4.81. The number of aromatic amines is 1. The van der Waals surface area contributed by atoms with Crippen molar-refractivity contribution in [2.24, 2.45) is 0 Å². The summed E-state index contributed by atoms with van der Waals surface area (Å²) in [5.74, 6) is 0. The van der Waals surface area contributed by atoms with Crippen LogP contribution in [0.1, 0.15) is 5.56 Å². The van der Waals surface area contributed by atoms with Gasteiger partial charge in [0.2, 0.25) is 0 Å². The van der Waals surface area contributed by atoms with Gasteiger partial charge in [0.15, 0.2) is 0 Å². The van der Waals surface area contributed by atoms with Gasteiger partial charge in [-0.1, -0.05) is 52.5 Å². The van der Waals surface area contributed by atoms with Gasteiger partial charge in [-0.3, -0.25) is 0 Å². The minimum Gasteiger partial charge on any atom is -0.343 e. The van der Waals surface area contributed by atoms with Gasteiger partial charge in [-0.2, -0.15) is 5.26 Å². The van der Waals surface area contributed by atoms with E-state index in [-0.39, 0.29) is 15.7 Å². The Morgan fingerprint density at radius 2 is 1.76 bits per heavy atom. The van der Waals surface area contributed by atoms with E-state index >= 15 is 0 Å². The summed E-state index contributed by atoms with van der Waals surface area (Å²) in [6, 6.07) is 7.01. The molecule has 1 heterocycles. The zero-order chi connectivity index (χ0) is 12.6. The largest absolute Gasteiger partial charge is 0.343 e. The van der Waals surface area contributed by atoms with Crippen molar-refractivity contribution in [1.82, 2.24) is 4.98 Å². The number of hydrogen-bond donors (Lipinski definition) is 1. The molecule has 2 nitrogen and oxygen atoms in total. The SMILES string of the molecule is N#Cc1c(-c2ccc(Cl)c(Cl)c2)[nH]c(Cl)c1Cl. The van der Waals surface area contributed by atoms with E-state index in [1.54, 1.807) is 18.2 Å². The van der Waals surface area contributed by atoms with Crippen LogP contribution >= 0.6 is 46.4 Å². The van der Waals surface area contributed by atoms with Crippen LogP contribution in [0.3, 0.4) is 0 Å². The van der Waals surface area contributed by atoms with E-state index in [9.17, 15) is 0 Å². The summed E-state index contributed by atoms with van der Waals surface area (Å²) in [6.07, 6.45) is 0. The molecule has 1 aromatic heterocycles. The standard InChI is InChI=1S/C11H4Cl4N2/c12-7-2-1-5(3-8(7)13)10-6(4-16)9(14)11(15)17-10/h1-3,17H. The lowest BCUT2D eigenvalue weighted by Crippen LogP contribution is -1.82. The highest BCUT2D eigenvalue weighted by molar-refractivity contribution is 6.43. The van der Waals surface area contributed by atoms with E-state index in [0.717, 1.165) is 0 Å². The van der Waals surface area contributed by atoms with Gasteiger partial charge in [-0.15, -0.1) is 0 Å². The molecule has 0 saturated heterocycles. The lowest BCUT2D eigenvalue weighted by molar-refractivity contribution is 1.39. The number of nitrogens with one attached hydrogen (secondary N) is 1. The highest BCUT2D eigenvalue weighted by atomic mass is 35.5. The maximum Gasteiger partial charge on any atom is 0.127 e. The van der Waals surface area contributed by atoms with Gasteiger partial charge in [0.25, 0.3) is 0 Å². The molecule has 1 aromatic carbocycles. The molecular formula is C11H4Cl4N2. The minimum atomic E-state index is 0.204. The minimum absolute atomic E-state index is 0.204. The Morgan fingerprint density at radius 3 is 2.35 bits per heavy atom. The first-order chi connectivity index (χ1) is 8.04. The molecule has 0 atom stereocenters. The first-order valence-corrected chi connectivity index (χ1v) is 5.98. The molecule has 0 unspecified atom stereocenters. The average molecular weight is 306 g/mol. The predicted octanol–water partition coefficient (Wildman–Crippen LogP) is 5.17. The number of H-pyrrole nitrogens is 1. The lowest BCUT2D eigenvalue weighted by Gasteiger charge is -2.01. The number of hydrogen-bond acceptors (Lipinski definition) is 1. The van der Waals surface area contributed by atoms with Gasteiger partial charge >= 0.3 is 0 Å². The van der Waals surface area contributed by atoms with E-state index in [1.165, 1.54) is 0 Å². The maximum atomic E-state index is 9.03. The molecule has 2 rings (SSSR count). The van der Waals surface area contributed by atoms with Gasteiger partial charge in [-0.25, -0.2) is 0 Å². The predicted molar refractivity (Wildman–Crippen MR) is 71.0 cm³/mol. The molecule has 0 spiro atoms. The van der Waals surface area contributed by atoms with Crippen LogP contribution in [0.25, 0.3) is 11.3 Å². The average Bonchev–Trinajstić information content (AvgIpc) is 2.59. The van der Waals surface area contributed by atoms with Crippen molar-refractivity contribution in [2.45, 2.75) is 0 Å². The third-order valence-corrected chi connectivity index (χ3v) is 3.71. The molecule has 0 radical (unpaired) electrons. The smallest absolute Gasteiger partial charge is 0.127 e.